The summed E-state index contributed by atoms with van der Waals surface area (Å²) < 4.78 is 7.03. The van der Waals surface area contributed by atoms with Crippen LogP contribution in [0.1, 0.15) is 30.1 Å². The van der Waals surface area contributed by atoms with Crippen LogP contribution in [0.5, 0.6) is 0 Å². The fourth-order valence-electron chi connectivity index (χ4n) is 3.63. The highest BCUT2D eigenvalue weighted by molar-refractivity contribution is 5.94. The monoisotopic (exact) mass is 392 g/mol. The molecule has 150 valence electrons. The van der Waals surface area contributed by atoms with E-state index in [1.807, 2.05) is 53.1 Å². The lowest BCUT2D eigenvalue weighted by Gasteiger charge is -2.31. The van der Waals surface area contributed by atoms with Crippen LogP contribution in [0, 0.1) is 0 Å². The molecule has 3 aromatic rings. The third kappa shape index (κ3) is 4.08. The number of aromatic nitrogens is 2. The predicted molar refractivity (Wildman–Crippen MR) is 110 cm³/mol. The minimum Gasteiger partial charge on any atom is -0.450 e. The molecule has 0 unspecified atom stereocenters. The number of rotatable bonds is 4. The summed E-state index contributed by atoms with van der Waals surface area (Å²) in [5.41, 5.74) is 3.53. The van der Waals surface area contributed by atoms with Gasteiger partial charge in [-0.3, -0.25) is 9.36 Å². The fraction of sp³-hybridized carbons (Fsp3) is 0.318. The summed E-state index contributed by atoms with van der Waals surface area (Å²) in [4.78, 5) is 30.5. The first-order chi connectivity index (χ1) is 14.2. The Hall–Kier alpha value is -3.35. The molecule has 7 heteroatoms. The topological polar surface area (TPSA) is 76.5 Å². The Morgan fingerprint density at radius 3 is 2.55 bits per heavy atom. The van der Waals surface area contributed by atoms with Gasteiger partial charge in [-0.05, 0) is 56.2 Å². The van der Waals surface area contributed by atoms with E-state index in [0.717, 1.165) is 29.6 Å². The van der Waals surface area contributed by atoms with E-state index in [1.54, 1.807) is 18.2 Å². The van der Waals surface area contributed by atoms with Gasteiger partial charge in [-0.15, -0.1) is 0 Å². The average Bonchev–Trinajstić information content (AvgIpc) is 3.19. The highest BCUT2D eigenvalue weighted by atomic mass is 16.6. The van der Waals surface area contributed by atoms with Gasteiger partial charge in [-0.1, -0.05) is 12.1 Å². The van der Waals surface area contributed by atoms with Crippen LogP contribution in [0.15, 0.2) is 54.9 Å². The Morgan fingerprint density at radius 2 is 1.83 bits per heavy atom. The number of carbonyl (C=O) groups is 2. The Labute approximate surface area is 169 Å². The maximum Gasteiger partial charge on any atom is 0.409 e. The van der Waals surface area contributed by atoms with Gasteiger partial charge in [-0.2, -0.15) is 0 Å². The van der Waals surface area contributed by atoms with Crippen LogP contribution in [0.4, 0.5) is 4.79 Å². The zero-order chi connectivity index (χ0) is 20.2. The van der Waals surface area contributed by atoms with Crippen molar-refractivity contribution in [2.45, 2.75) is 25.8 Å². The first-order valence-electron chi connectivity index (χ1n) is 9.91. The molecule has 0 aliphatic carbocycles. The second-order valence-electron chi connectivity index (χ2n) is 7.08. The lowest BCUT2D eigenvalue weighted by atomic mass is 10.0. The lowest BCUT2D eigenvalue weighted by molar-refractivity contribution is 0.0860. The highest BCUT2D eigenvalue weighted by Gasteiger charge is 2.24. The lowest BCUT2D eigenvalue weighted by Crippen LogP contribution is -2.46. The highest BCUT2D eigenvalue weighted by Crippen LogP contribution is 2.19. The molecular weight excluding hydrogens is 368 g/mol. The van der Waals surface area contributed by atoms with Gasteiger partial charge >= 0.3 is 6.09 Å². The van der Waals surface area contributed by atoms with E-state index in [-0.39, 0.29) is 18.0 Å². The molecule has 1 N–H and O–H groups in total. The van der Waals surface area contributed by atoms with Crippen LogP contribution < -0.4 is 5.32 Å². The van der Waals surface area contributed by atoms with Gasteiger partial charge in [0.05, 0.1) is 17.6 Å². The summed E-state index contributed by atoms with van der Waals surface area (Å²) in [5, 5.41) is 3.07. The minimum absolute atomic E-state index is 0.0606. The second-order valence-corrected chi connectivity index (χ2v) is 7.08. The largest absolute Gasteiger partial charge is 0.450 e. The van der Waals surface area contributed by atoms with Gasteiger partial charge < -0.3 is 15.0 Å². The number of fused-ring (bicyclic) bond motifs is 1. The number of ether oxygens (including phenoxy) is 1. The summed E-state index contributed by atoms with van der Waals surface area (Å²) >= 11 is 0. The van der Waals surface area contributed by atoms with E-state index >= 15 is 0 Å². The molecule has 2 amide bonds. The van der Waals surface area contributed by atoms with Crippen molar-refractivity contribution in [3.63, 3.8) is 0 Å². The first-order valence-corrected chi connectivity index (χ1v) is 9.91. The van der Waals surface area contributed by atoms with Crippen LogP contribution in [0.2, 0.25) is 0 Å². The molecule has 0 radical (unpaired) electrons. The Bertz CT molecular complexity index is 1000. The van der Waals surface area contributed by atoms with E-state index in [9.17, 15) is 9.59 Å². The summed E-state index contributed by atoms with van der Waals surface area (Å²) in [7, 11) is 0. The molecule has 2 aromatic carbocycles. The number of benzene rings is 2. The molecule has 4 rings (SSSR count). The third-order valence-corrected chi connectivity index (χ3v) is 5.22. The molecule has 1 fully saturated rings. The number of hydrogen-bond acceptors (Lipinski definition) is 4. The van der Waals surface area contributed by atoms with Crippen molar-refractivity contribution in [1.29, 1.82) is 0 Å². The van der Waals surface area contributed by atoms with E-state index in [0.29, 0.717) is 25.3 Å². The van der Waals surface area contributed by atoms with Gasteiger partial charge in [0.15, 0.2) is 0 Å². The van der Waals surface area contributed by atoms with Crippen molar-refractivity contribution in [3.05, 3.63) is 60.4 Å². The Kier molecular flexibility index (Phi) is 5.46. The van der Waals surface area contributed by atoms with E-state index < -0.39 is 0 Å². The zero-order valence-corrected chi connectivity index (χ0v) is 16.4. The number of para-hydroxylation sites is 2. The minimum atomic E-state index is -0.278. The van der Waals surface area contributed by atoms with Gasteiger partial charge in [0.25, 0.3) is 5.91 Å². The average molecular weight is 392 g/mol. The van der Waals surface area contributed by atoms with Crippen molar-refractivity contribution in [2.24, 2.45) is 0 Å². The van der Waals surface area contributed by atoms with Crippen LogP contribution in [-0.2, 0) is 4.74 Å². The van der Waals surface area contributed by atoms with Gasteiger partial charge in [-0.25, -0.2) is 9.78 Å². The normalized spacial score (nSPS) is 14.7. The van der Waals surface area contributed by atoms with E-state index in [2.05, 4.69) is 10.3 Å². The zero-order valence-electron chi connectivity index (χ0n) is 16.4. The molecule has 1 aliphatic rings. The van der Waals surface area contributed by atoms with Crippen LogP contribution in [-0.4, -0.2) is 52.2 Å². The molecule has 7 nitrogen and oxygen atoms in total. The van der Waals surface area contributed by atoms with Crippen molar-refractivity contribution < 1.29 is 14.3 Å². The third-order valence-electron chi connectivity index (χ3n) is 5.22. The molecule has 2 heterocycles. The molecule has 1 aliphatic heterocycles. The number of amides is 2. The maximum atomic E-state index is 12.6. The molecule has 1 saturated heterocycles. The Balaban J connectivity index is 1.37. The van der Waals surface area contributed by atoms with E-state index in [1.165, 1.54) is 0 Å². The molecule has 0 spiro atoms. The van der Waals surface area contributed by atoms with Crippen molar-refractivity contribution >= 4 is 23.0 Å². The van der Waals surface area contributed by atoms with E-state index in [4.69, 9.17) is 4.74 Å². The fourth-order valence-corrected chi connectivity index (χ4v) is 3.63. The number of hydrogen-bond donors (Lipinski definition) is 1. The summed E-state index contributed by atoms with van der Waals surface area (Å²) in [6.45, 7) is 3.36. The molecule has 0 atom stereocenters. The van der Waals surface area contributed by atoms with Crippen molar-refractivity contribution in [3.8, 4) is 5.69 Å². The van der Waals surface area contributed by atoms with Crippen molar-refractivity contribution in [2.75, 3.05) is 19.7 Å². The second kappa shape index (κ2) is 8.34. The Morgan fingerprint density at radius 1 is 1.10 bits per heavy atom. The molecule has 29 heavy (non-hydrogen) atoms. The van der Waals surface area contributed by atoms with Gasteiger partial charge in [0.1, 0.15) is 6.33 Å². The number of nitrogens with one attached hydrogen (secondary N) is 1. The summed E-state index contributed by atoms with van der Waals surface area (Å²) in [6, 6.07) is 15.5. The molecular formula is C22H24N4O3. The van der Waals surface area contributed by atoms with Gasteiger partial charge in [0.2, 0.25) is 0 Å². The number of likely N-dealkylation sites (tertiary alicyclic amines) is 1. The number of nitrogens with zero attached hydrogens (tertiary/aromatic N) is 3. The summed E-state index contributed by atoms with van der Waals surface area (Å²) in [6.07, 6.45) is 2.96. The number of carbonyl (C=O) groups excluding carboxylic acids is 2. The SMILES string of the molecule is CCOC(=O)N1CCC(NC(=O)c2ccc(-n3cnc4ccccc43)cc2)CC1. The van der Waals surface area contributed by atoms with Gasteiger partial charge in [0, 0.05) is 30.4 Å². The maximum absolute atomic E-state index is 12.6. The standard InChI is InChI=1S/C22H24N4O3/c1-2-29-22(28)25-13-11-17(12-14-25)24-21(27)16-7-9-18(10-8-16)26-15-23-19-5-3-4-6-20(19)26/h3-10,15,17H,2,11-14H2,1H3,(H,24,27). The van der Waals surface area contributed by atoms with Crippen molar-refractivity contribution in [1.82, 2.24) is 19.8 Å². The first kappa shape index (κ1) is 19.0. The molecule has 0 bridgehead atoms. The molecule has 0 saturated carbocycles. The van der Waals surface area contributed by atoms with Crippen LogP contribution >= 0.6 is 0 Å². The van der Waals surface area contributed by atoms with Crippen LogP contribution in [0.3, 0.4) is 0 Å². The smallest absolute Gasteiger partial charge is 0.409 e. The summed E-state index contributed by atoms with van der Waals surface area (Å²) in [5.74, 6) is -0.0957. The molecule has 1 aromatic heterocycles. The number of piperidine rings is 1. The number of imidazole rings is 1. The quantitative estimate of drug-likeness (QED) is 0.739. The van der Waals surface area contributed by atoms with Crippen LogP contribution in [0.25, 0.3) is 16.7 Å². The predicted octanol–water partition coefficient (Wildman–Crippen LogP) is 3.38.